The lowest BCUT2D eigenvalue weighted by Gasteiger charge is -2.34. The second-order valence-corrected chi connectivity index (χ2v) is 12.1. The van der Waals surface area contributed by atoms with Gasteiger partial charge in [-0.15, -0.1) is 0 Å². The first-order valence-corrected chi connectivity index (χ1v) is 14.1. The molecule has 1 aliphatic heterocycles. The molecule has 1 atom stereocenters. The minimum absolute atomic E-state index is 0.262. The number of pyridine rings is 1. The first kappa shape index (κ1) is 27.3. The van der Waals surface area contributed by atoms with E-state index in [0.29, 0.717) is 36.3 Å². The maximum absolute atomic E-state index is 12.6. The molecule has 0 bridgehead atoms. The van der Waals surface area contributed by atoms with Crippen LogP contribution in [0.25, 0.3) is 16.6 Å². The van der Waals surface area contributed by atoms with Crippen molar-refractivity contribution in [1.29, 1.82) is 10.5 Å². The van der Waals surface area contributed by atoms with E-state index in [1.807, 2.05) is 69.0 Å². The molecule has 4 heterocycles. The van der Waals surface area contributed by atoms with Crippen molar-refractivity contribution in [3.63, 3.8) is 0 Å². The summed E-state index contributed by atoms with van der Waals surface area (Å²) in [6.07, 6.45) is 7.02. The lowest BCUT2D eigenvalue weighted by atomic mass is 9.98. The molecule has 1 fully saturated rings. The maximum Gasteiger partial charge on any atom is 0.410 e. The third kappa shape index (κ3) is 5.68. The van der Waals surface area contributed by atoms with E-state index in [0.717, 1.165) is 39.5 Å². The number of hydrogen-bond acceptors (Lipinski definition) is 7. The zero-order valence-electron chi connectivity index (χ0n) is 23.1. The Hall–Kier alpha value is -4.28. The van der Waals surface area contributed by atoms with E-state index in [2.05, 4.69) is 17.2 Å². The van der Waals surface area contributed by atoms with Crippen molar-refractivity contribution in [2.75, 3.05) is 13.1 Å². The van der Waals surface area contributed by atoms with Crippen molar-refractivity contribution in [2.45, 2.75) is 62.5 Å². The molecular formula is C30H31N7O2S. The van der Waals surface area contributed by atoms with E-state index in [4.69, 9.17) is 9.84 Å². The van der Waals surface area contributed by atoms with Crippen LogP contribution in [0.15, 0.2) is 58.7 Å². The smallest absolute Gasteiger partial charge is 0.410 e. The molecule has 10 heteroatoms. The van der Waals surface area contributed by atoms with Crippen LogP contribution in [0.4, 0.5) is 4.79 Å². The van der Waals surface area contributed by atoms with Gasteiger partial charge in [0.15, 0.2) is 0 Å². The van der Waals surface area contributed by atoms with Gasteiger partial charge in [0.1, 0.15) is 17.7 Å². The van der Waals surface area contributed by atoms with E-state index >= 15 is 0 Å². The number of nitriles is 2. The SMILES string of the molecule is Cc1c(-c2cc(Sc3ccccc3C#N)c3c(C#N)cnn3c2)cnn1C[C@@H]1CCCN(C(=O)OC(C)(C)C)C1. The number of ether oxygens (including phenoxy) is 1. The fraction of sp³-hybridized carbons (Fsp3) is 0.367. The van der Waals surface area contributed by atoms with Crippen molar-refractivity contribution in [2.24, 2.45) is 5.92 Å². The Kier molecular flexibility index (Phi) is 7.55. The first-order chi connectivity index (χ1) is 19.2. The fourth-order valence-corrected chi connectivity index (χ4v) is 6.12. The number of carbonyl (C=O) groups is 1. The van der Waals surface area contributed by atoms with Crippen LogP contribution in [0.1, 0.15) is 50.4 Å². The van der Waals surface area contributed by atoms with E-state index in [-0.39, 0.29) is 12.0 Å². The second-order valence-electron chi connectivity index (χ2n) is 11.0. The van der Waals surface area contributed by atoms with Gasteiger partial charge >= 0.3 is 6.09 Å². The number of aromatic nitrogens is 4. The largest absolute Gasteiger partial charge is 0.444 e. The predicted octanol–water partition coefficient (Wildman–Crippen LogP) is 6.05. The lowest BCUT2D eigenvalue weighted by Crippen LogP contribution is -2.43. The highest BCUT2D eigenvalue weighted by atomic mass is 32.2. The molecule has 9 nitrogen and oxygen atoms in total. The average molecular weight is 554 g/mol. The molecule has 0 saturated carbocycles. The van der Waals surface area contributed by atoms with E-state index in [1.54, 1.807) is 21.7 Å². The third-order valence-corrected chi connectivity index (χ3v) is 8.05. The molecule has 4 aromatic rings. The molecular weight excluding hydrogens is 522 g/mol. The van der Waals surface area contributed by atoms with Gasteiger partial charge in [-0.25, -0.2) is 9.31 Å². The molecule has 0 spiro atoms. The van der Waals surface area contributed by atoms with Crippen LogP contribution >= 0.6 is 11.8 Å². The van der Waals surface area contributed by atoms with Crippen molar-refractivity contribution in [3.8, 4) is 23.3 Å². The molecule has 40 heavy (non-hydrogen) atoms. The molecule has 0 N–H and O–H groups in total. The lowest BCUT2D eigenvalue weighted by molar-refractivity contribution is 0.0155. The number of rotatable bonds is 5. The number of carbonyl (C=O) groups excluding carboxylic acids is 1. The number of benzene rings is 1. The zero-order valence-corrected chi connectivity index (χ0v) is 23.9. The Morgan fingerprint density at radius 3 is 2.65 bits per heavy atom. The Balaban J connectivity index is 1.43. The summed E-state index contributed by atoms with van der Waals surface area (Å²) in [4.78, 5) is 16.1. The molecule has 1 aromatic carbocycles. The molecule has 204 valence electrons. The molecule has 5 rings (SSSR count). The molecule has 1 aliphatic rings. The predicted molar refractivity (Wildman–Crippen MR) is 152 cm³/mol. The Labute approximate surface area is 238 Å². The Morgan fingerprint density at radius 2 is 1.90 bits per heavy atom. The maximum atomic E-state index is 12.6. The van der Waals surface area contributed by atoms with Crippen LogP contribution in [0.5, 0.6) is 0 Å². The summed E-state index contributed by atoms with van der Waals surface area (Å²) in [6.45, 7) is 9.74. The highest BCUT2D eigenvalue weighted by Crippen LogP contribution is 2.37. The van der Waals surface area contributed by atoms with Crippen LogP contribution in [-0.2, 0) is 11.3 Å². The normalized spacial score (nSPS) is 15.6. The molecule has 3 aromatic heterocycles. The van der Waals surface area contributed by atoms with Gasteiger partial charge in [0.25, 0.3) is 0 Å². The van der Waals surface area contributed by atoms with Crippen molar-refractivity contribution in [1.82, 2.24) is 24.3 Å². The van der Waals surface area contributed by atoms with Gasteiger partial charge in [0, 0.05) is 52.4 Å². The summed E-state index contributed by atoms with van der Waals surface area (Å²) in [7, 11) is 0. The molecule has 0 radical (unpaired) electrons. The number of fused-ring (bicyclic) bond motifs is 1. The molecule has 0 aliphatic carbocycles. The van der Waals surface area contributed by atoms with E-state index in [9.17, 15) is 15.3 Å². The molecule has 1 amide bonds. The van der Waals surface area contributed by atoms with Gasteiger partial charge in [0.2, 0.25) is 0 Å². The summed E-state index contributed by atoms with van der Waals surface area (Å²) in [5.41, 5.74) is 4.13. The summed E-state index contributed by atoms with van der Waals surface area (Å²) < 4.78 is 9.32. The minimum Gasteiger partial charge on any atom is -0.444 e. The number of amides is 1. The highest BCUT2D eigenvalue weighted by molar-refractivity contribution is 7.99. The van der Waals surface area contributed by atoms with E-state index < -0.39 is 5.60 Å². The van der Waals surface area contributed by atoms with Crippen LogP contribution in [0.2, 0.25) is 0 Å². The number of hydrogen-bond donors (Lipinski definition) is 0. The fourth-order valence-electron chi connectivity index (χ4n) is 5.02. The zero-order chi connectivity index (χ0) is 28.4. The van der Waals surface area contributed by atoms with Crippen LogP contribution < -0.4 is 0 Å². The summed E-state index contributed by atoms with van der Waals surface area (Å²) in [6, 6.07) is 14.0. The van der Waals surface area contributed by atoms with Crippen LogP contribution in [0, 0.1) is 35.5 Å². The second kappa shape index (κ2) is 11.1. The van der Waals surface area contributed by atoms with Gasteiger partial charge < -0.3 is 9.64 Å². The average Bonchev–Trinajstić information content (AvgIpc) is 3.51. The van der Waals surface area contributed by atoms with Crippen molar-refractivity contribution in [3.05, 3.63) is 65.7 Å². The van der Waals surface area contributed by atoms with Crippen molar-refractivity contribution >= 4 is 23.4 Å². The van der Waals surface area contributed by atoms with Gasteiger partial charge in [0.05, 0.1) is 29.0 Å². The molecule has 1 saturated heterocycles. The topological polar surface area (TPSA) is 112 Å². The first-order valence-electron chi connectivity index (χ1n) is 13.3. The third-order valence-electron chi connectivity index (χ3n) is 6.94. The number of nitrogens with zero attached hydrogens (tertiary/aromatic N) is 7. The highest BCUT2D eigenvalue weighted by Gasteiger charge is 2.28. The summed E-state index contributed by atoms with van der Waals surface area (Å²) in [5, 5.41) is 28.5. The standard InChI is InChI=1S/C30H31N7O2S/c1-20-25(16-34-36(20)18-21-8-7-11-35(17-21)29(38)39-30(2,3)4)23-12-27(28-24(14-32)15-33-37(28)19-23)40-26-10-6-5-9-22(26)13-31/h5-6,9-10,12,15-16,19,21H,7-8,11,17-18H2,1-4H3/t21-/m1/s1. The summed E-state index contributed by atoms with van der Waals surface area (Å²) >= 11 is 1.45. The number of likely N-dealkylation sites (tertiary alicyclic amines) is 1. The van der Waals surface area contributed by atoms with Gasteiger partial charge in [-0.3, -0.25) is 4.68 Å². The van der Waals surface area contributed by atoms with Crippen molar-refractivity contribution < 1.29 is 9.53 Å². The van der Waals surface area contributed by atoms with Crippen LogP contribution in [0.3, 0.4) is 0 Å². The monoisotopic (exact) mass is 553 g/mol. The van der Waals surface area contributed by atoms with Crippen LogP contribution in [-0.4, -0.2) is 49.1 Å². The van der Waals surface area contributed by atoms with Gasteiger partial charge in [-0.05, 0) is 64.7 Å². The van der Waals surface area contributed by atoms with Gasteiger partial charge in [-0.2, -0.15) is 20.7 Å². The molecule has 0 unspecified atom stereocenters. The number of piperidine rings is 1. The quantitative estimate of drug-likeness (QED) is 0.296. The summed E-state index contributed by atoms with van der Waals surface area (Å²) in [5.74, 6) is 0.271. The minimum atomic E-state index is -0.519. The Bertz CT molecular complexity index is 1650. The van der Waals surface area contributed by atoms with E-state index in [1.165, 1.54) is 11.8 Å². The Morgan fingerprint density at radius 1 is 1.12 bits per heavy atom. The van der Waals surface area contributed by atoms with Gasteiger partial charge in [-0.1, -0.05) is 23.9 Å².